The lowest BCUT2D eigenvalue weighted by Gasteiger charge is -2.09. The molecule has 0 saturated carbocycles. The molecule has 0 aromatic carbocycles. The molecule has 5 nitrogen and oxygen atoms in total. The molecule has 126 valence electrons. The third kappa shape index (κ3) is 2.71. The van der Waals surface area contributed by atoms with Crippen LogP contribution in [0.3, 0.4) is 0 Å². The van der Waals surface area contributed by atoms with Crippen LogP contribution in [-0.2, 0) is 6.18 Å². The molecule has 0 saturated heterocycles. The van der Waals surface area contributed by atoms with Gasteiger partial charge in [-0.2, -0.15) is 13.2 Å². The molecule has 3 rings (SSSR count). The summed E-state index contributed by atoms with van der Waals surface area (Å²) in [6.45, 7) is 1.96. The fourth-order valence-electron chi connectivity index (χ4n) is 2.30. The number of amides is 1. The molecule has 0 spiro atoms. The zero-order valence-corrected chi connectivity index (χ0v) is 13.2. The van der Waals surface area contributed by atoms with Crippen molar-refractivity contribution in [3.05, 3.63) is 34.9 Å². The Morgan fingerprint density at radius 2 is 2.21 bits per heavy atom. The molecule has 3 N–H and O–H groups in total. The Labute approximate surface area is 138 Å². The van der Waals surface area contributed by atoms with Crippen LogP contribution in [-0.4, -0.2) is 17.4 Å². The molecule has 24 heavy (non-hydrogen) atoms. The molecule has 0 radical (unpaired) electrons. The van der Waals surface area contributed by atoms with Gasteiger partial charge in [-0.25, -0.2) is 4.98 Å². The van der Waals surface area contributed by atoms with Crippen LogP contribution >= 0.6 is 11.3 Å². The fraction of sp³-hybridized carbons (Fsp3) is 0.200. The number of nitrogens with zero attached hydrogens (tertiary/aromatic N) is 1. The monoisotopic (exact) mass is 355 g/mol. The number of furan rings is 1. The topological polar surface area (TPSA) is 81.2 Å². The van der Waals surface area contributed by atoms with E-state index in [4.69, 9.17) is 10.2 Å². The van der Waals surface area contributed by atoms with Gasteiger partial charge in [0.1, 0.15) is 0 Å². The number of nitrogen functional groups attached to an aromatic ring is 1. The van der Waals surface area contributed by atoms with E-state index in [2.05, 4.69) is 10.3 Å². The van der Waals surface area contributed by atoms with Gasteiger partial charge in [-0.3, -0.25) is 4.79 Å². The van der Waals surface area contributed by atoms with Crippen molar-refractivity contribution >= 4 is 34.0 Å². The number of hydrogen-bond acceptors (Lipinski definition) is 5. The number of halogens is 3. The predicted molar refractivity (Wildman–Crippen MR) is 84.7 cm³/mol. The molecule has 0 aliphatic rings. The lowest BCUT2D eigenvalue weighted by molar-refractivity contribution is -0.136. The van der Waals surface area contributed by atoms with Gasteiger partial charge < -0.3 is 15.5 Å². The smallest absolute Gasteiger partial charge is 0.417 e. The van der Waals surface area contributed by atoms with Crippen LogP contribution in [0.15, 0.2) is 28.0 Å². The highest BCUT2D eigenvalue weighted by molar-refractivity contribution is 7.13. The van der Waals surface area contributed by atoms with Crippen molar-refractivity contribution in [1.82, 2.24) is 10.3 Å². The minimum atomic E-state index is -4.66. The van der Waals surface area contributed by atoms with E-state index in [1.807, 2.05) is 0 Å². The number of nitrogens with one attached hydrogen (secondary N) is 1. The van der Waals surface area contributed by atoms with Gasteiger partial charge in [0, 0.05) is 6.54 Å². The van der Waals surface area contributed by atoms with E-state index in [9.17, 15) is 18.0 Å². The summed E-state index contributed by atoms with van der Waals surface area (Å²) >= 11 is 1.25. The van der Waals surface area contributed by atoms with Crippen LogP contribution in [0.4, 0.5) is 18.9 Å². The predicted octanol–water partition coefficient (Wildman–Crippen LogP) is 3.91. The van der Waals surface area contributed by atoms with Gasteiger partial charge >= 0.3 is 6.18 Å². The summed E-state index contributed by atoms with van der Waals surface area (Å²) in [5.41, 5.74) is 4.20. The average molecular weight is 355 g/mol. The summed E-state index contributed by atoms with van der Waals surface area (Å²) in [7, 11) is 0. The number of fused-ring (bicyclic) bond motifs is 1. The Kier molecular flexibility index (Phi) is 3.96. The first-order valence-electron chi connectivity index (χ1n) is 6.95. The van der Waals surface area contributed by atoms with Crippen LogP contribution < -0.4 is 11.1 Å². The number of carbonyl (C=O) groups excluding carboxylic acids is 1. The van der Waals surface area contributed by atoms with Gasteiger partial charge in [-0.1, -0.05) is 6.07 Å². The number of alkyl halides is 3. The minimum absolute atomic E-state index is 0.112. The van der Waals surface area contributed by atoms with Crippen LogP contribution in [0.5, 0.6) is 0 Å². The van der Waals surface area contributed by atoms with E-state index in [0.29, 0.717) is 4.88 Å². The maximum absolute atomic E-state index is 13.5. The van der Waals surface area contributed by atoms with E-state index < -0.39 is 23.0 Å². The first kappa shape index (κ1) is 16.3. The Morgan fingerprint density at radius 3 is 2.79 bits per heavy atom. The number of carbonyl (C=O) groups is 1. The first-order valence-corrected chi connectivity index (χ1v) is 7.83. The van der Waals surface area contributed by atoms with Crippen molar-refractivity contribution in [3.8, 4) is 10.6 Å². The highest BCUT2D eigenvalue weighted by atomic mass is 32.1. The van der Waals surface area contributed by atoms with Crippen LogP contribution in [0.1, 0.15) is 23.0 Å². The molecule has 0 atom stereocenters. The second-order valence-electron chi connectivity index (χ2n) is 4.91. The quantitative estimate of drug-likeness (QED) is 0.746. The van der Waals surface area contributed by atoms with Crippen molar-refractivity contribution in [2.45, 2.75) is 13.1 Å². The fourth-order valence-corrected chi connectivity index (χ4v) is 2.99. The molecular weight excluding hydrogens is 343 g/mol. The number of rotatable bonds is 3. The Hall–Kier alpha value is -2.55. The van der Waals surface area contributed by atoms with Crippen LogP contribution in [0, 0.1) is 0 Å². The van der Waals surface area contributed by atoms with Crippen molar-refractivity contribution in [1.29, 1.82) is 0 Å². The maximum Gasteiger partial charge on any atom is 0.417 e. The van der Waals surface area contributed by atoms with Crippen LogP contribution in [0.2, 0.25) is 0 Å². The second-order valence-corrected chi connectivity index (χ2v) is 5.86. The summed E-state index contributed by atoms with van der Waals surface area (Å²) in [4.78, 5) is 16.6. The summed E-state index contributed by atoms with van der Waals surface area (Å²) < 4.78 is 45.6. The van der Waals surface area contributed by atoms with Gasteiger partial charge in [-0.05, 0) is 24.4 Å². The number of anilines is 1. The molecule has 0 fully saturated rings. The molecule has 9 heteroatoms. The SMILES string of the molecule is CCNC(=O)c1oc2nc(-c3cccs3)cc(C(F)(F)F)c2c1N. The van der Waals surface area contributed by atoms with Gasteiger partial charge in [0.2, 0.25) is 11.5 Å². The average Bonchev–Trinajstić information content (AvgIpc) is 3.14. The lowest BCUT2D eigenvalue weighted by Crippen LogP contribution is -2.22. The van der Waals surface area contributed by atoms with Gasteiger partial charge in [0.15, 0.2) is 0 Å². The van der Waals surface area contributed by atoms with E-state index in [1.54, 1.807) is 24.4 Å². The molecular formula is C15H12F3N3O2S. The number of aromatic nitrogens is 1. The number of pyridine rings is 1. The normalized spacial score (nSPS) is 11.8. The number of nitrogens with two attached hydrogens (primary N) is 1. The molecule has 3 aromatic rings. The highest BCUT2D eigenvalue weighted by Gasteiger charge is 2.37. The van der Waals surface area contributed by atoms with Crippen molar-refractivity contribution < 1.29 is 22.4 Å². The Balaban J connectivity index is 2.29. The third-order valence-electron chi connectivity index (χ3n) is 3.32. The van der Waals surface area contributed by atoms with E-state index in [1.165, 1.54) is 11.3 Å². The summed E-state index contributed by atoms with van der Waals surface area (Å²) in [6, 6.07) is 4.27. The second kappa shape index (κ2) is 5.82. The van der Waals surface area contributed by atoms with Gasteiger partial charge in [0.05, 0.1) is 27.2 Å². The molecule has 0 unspecified atom stereocenters. The van der Waals surface area contributed by atoms with Gasteiger partial charge in [-0.15, -0.1) is 11.3 Å². The molecule has 0 aliphatic heterocycles. The zero-order valence-electron chi connectivity index (χ0n) is 12.4. The van der Waals surface area contributed by atoms with Crippen LogP contribution in [0.25, 0.3) is 21.7 Å². The molecule has 3 heterocycles. The van der Waals surface area contributed by atoms with E-state index in [0.717, 1.165) is 6.07 Å². The highest BCUT2D eigenvalue weighted by Crippen LogP contribution is 2.41. The van der Waals surface area contributed by atoms with E-state index >= 15 is 0 Å². The summed E-state index contributed by atoms with van der Waals surface area (Å²) in [5.74, 6) is -1.05. The van der Waals surface area contributed by atoms with Crippen molar-refractivity contribution in [3.63, 3.8) is 0 Å². The largest absolute Gasteiger partial charge is 0.430 e. The minimum Gasteiger partial charge on any atom is -0.430 e. The van der Waals surface area contributed by atoms with Crippen molar-refractivity contribution in [2.24, 2.45) is 0 Å². The number of hydrogen-bond donors (Lipinski definition) is 2. The lowest BCUT2D eigenvalue weighted by atomic mass is 10.1. The summed E-state index contributed by atoms with van der Waals surface area (Å²) in [5, 5.41) is 3.77. The standard InChI is InChI=1S/C15H12F3N3O2S/c1-2-20-13(22)12-11(19)10-7(15(16,17)18)6-8(21-14(10)23-12)9-4-3-5-24-9/h3-6H,2,19H2,1H3,(H,20,22). The van der Waals surface area contributed by atoms with Gasteiger partial charge in [0.25, 0.3) is 5.91 Å². The third-order valence-corrected chi connectivity index (χ3v) is 4.21. The van der Waals surface area contributed by atoms with E-state index in [-0.39, 0.29) is 29.4 Å². The Morgan fingerprint density at radius 1 is 1.46 bits per heavy atom. The number of thiophene rings is 1. The molecule has 3 aromatic heterocycles. The van der Waals surface area contributed by atoms with Crippen molar-refractivity contribution in [2.75, 3.05) is 12.3 Å². The summed E-state index contributed by atoms with van der Waals surface area (Å²) in [6.07, 6.45) is -4.66. The zero-order chi connectivity index (χ0) is 17.5. The molecule has 1 amide bonds. The maximum atomic E-state index is 13.5. The molecule has 0 bridgehead atoms. The Bertz CT molecular complexity index is 901. The first-order chi connectivity index (χ1) is 11.3. The molecule has 0 aliphatic carbocycles.